The highest BCUT2D eigenvalue weighted by Crippen LogP contribution is 2.28. The first kappa shape index (κ1) is 8.07. The molecular weight excluding hydrogens is 186 g/mol. The summed E-state index contributed by atoms with van der Waals surface area (Å²) in [6.45, 7) is 0. The Kier molecular flexibility index (Phi) is 1.90. The highest BCUT2D eigenvalue weighted by atomic mass is 32.1. The number of aromatic amines is 1. The van der Waals surface area contributed by atoms with Crippen LogP contribution in [0.5, 0.6) is 5.06 Å². The number of hydrogen-bond acceptors (Lipinski definition) is 3. The van der Waals surface area contributed by atoms with Crippen molar-refractivity contribution in [2.45, 2.75) is 0 Å². The first-order valence-corrected chi connectivity index (χ1v) is 4.56. The van der Waals surface area contributed by atoms with Crippen molar-refractivity contribution in [3.63, 3.8) is 0 Å². The van der Waals surface area contributed by atoms with Gasteiger partial charge in [-0.25, -0.2) is 0 Å². The molecule has 0 bridgehead atoms. The van der Waals surface area contributed by atoms with Gasteiger partial charge in [-0.1, -0.05) is 30.3 Å². The molecule has 1 aromatic carbocycles. The minimum absolute atomic E-state index is 0.0381. The Balaban J connectivity index is 2.59. The van der Waals surface area contributed by atoms with Gasteiger partial charge in [-0.05, 0) is 11.3 Å². The largest absolute Gasteiger partial charge is 0.498 e. The summed E-state index contributed by atoms with van der Waals surface area (Å²) >= 11 is 0.808. The maximum absolute atomic E-state index is 10.9. The van der Waals surface area contributed by atoms with E-state index in [1.807, 2.05) is 30.3 Å². The zero-order chi connectivity index (χ0) is 9.26. The van der Waals surface area contributed by atoms with Crippen molar-refractivity contribution in [2.75, 3.05) is 0 Å². The maximum atomic E-state index is 10.9. The lowest BCUT2D eigenvalue weighted by Crippen LogP contribution is -1.91. The fraction of sp³-hybridized carbons (Fsp3) is 0. The van der Waals surface area contributed by atoms with E-state index in [-0.39, 0.29) is 9.94 Å². The summed E-state index contributed by atoms with van der Waals surface area (Å²) in [6, 6.07) is 9.25. The van der Waals surface area contributed by atoms with Crippen LogP contribution in [0.2, 0.25) is 0 Å². The van der Waals surface area contributed by atoms with E-state index in [2.05, 4.69) is 4.98 Å². The van der Waals surface area contributed by atoms with Crippen LogP contribution in [-0.4, -0.2) is 10.1 Å². The number of hydrogen-bond donors (Lipinski definition) is 2. The summed E-state index contributed by atoms with van der Waals surface area (Å²) < 4.78 is 0. The van der Waals surface area contributed by atoms with Crippen molar-refractivity contribution in [1.82, 2.24) is 4.98 Å². The van der Waals surface area contributed by atoms with E-state index < -0.39 is 0 Å². The molecule has 4 heteroatoms. The average Bonchev–Trinajstić information content (AvgIpc) is 2.47. The molecule has 2 rings (SSSR count). The van der Waals surface area contributed by atoms with Gasteiger partial charge in [-0.15, -0.1) is 0 Å². The van der Waals surface area contributed by atoms with E-state index in [1.54, 1.807) is 0 Å². The second-order valence-corrected chi connectivity index (χ2v) is 3.52. The molecule has 3 nitrogen and oxygen atoms in total. The van der Waals surface area contributed by atoms with Gasteiger partial charge in [0.15, 0.2) is 0 Å². The zero-order valence-electron chi connectivity index (χ0n) is 6.65. The zero-order valence-corrected chi connectivity index (χ0v) is 7.47. The number of aromatic nitrogens is 1. The standard InChI is InChI=1S/C9H7NO2S/c11-8-7(10-9(12)13-8)6-4-2-1-3-5-6/h1-5,11H,(H,10,12). The lowest BCUT2D eigenvalue weighted by Gasteiger charge is -1.95. The molecule has 0 amide bonds. The maximum Gasteiger partial charge on any atom is 0.308 e. The summed E-state index contributed by atoms with van der Waals surface area (Å²) in [5.41, 5.74) is 1.31. The fourth-order valence-corrected chi connectivity index (χ4v) is 1.72. The second kappa shape index (κ2) is 3.06. The summed E-state index contributed by atoms with van der Waals surface area (Å²) in [7, 11) is 0. The molecule has 0 unspecified atom stereocenters. The summed E-state index contributed by atoms with van der Waals surface area (Å²) in [6.07, 6.45) is 0. The van der Waals surface area contributed by atoms with E-state index in [9.17, 15) is 9.90 Å². The summed E-state index contributed by atoms with van der Waals surface area (Å²) in [4.78, 5) is 13.2. The number of rotatable bonds is 1. The normalized spacial score (nSPS) is 10.2. The van der Waals surface area contributed by atoms with E-state index in [1.165, 1.54) is 0 Å². The van der Waals surface area contributed by atoms with Crippen LogP contribution < -0.4 is 4.87 Å². The van der Waals surface area contributed by atoms with Crippen LogP contribution in [0.1, 0.15) is 0 Å². The van der Waals surface area contributed by atoms with Crippen molar-refractivity contribution in [3.05, 3.63) is 40.0 Å². The average molecular weight is 193 g/mol. The molecule has 0 saturated carbocycles. The van der Waals surface area contributed by atoms with Crippen LogP contribution >= 0.6 is 11.3 Å². The predicted molar refractivity (Wildman–Crippen MR) is 52.0 cm³/mol. The second-order valence-electron chi connectivity index (χ2n) is 2.56. The van der Waals surface area contributed by atoms with Crippen LogP contribution in [0.25, 0.3) is 11.3 Å². The van der Waals surface area contributed by atoms with Crippen molar-refractivity contribution in [3.8, 4) is 16.3 Å². The third-order valence-electron chi connectivity index (χ3n) is 1.69. The Bertz CT molecular complexity index is 458. The Hall–Kier alpha value is -1.55. The number of thiazole rings is 1. The molecule has 0 atom stereocenters. The first-order chi connectivity index (χ1) is 6.27. The molecule has 2 N–H and O–H groups in total. The molecule has 66 valence electrons. The van der Waals surface area contributed by atoms with Crippen LogP contribution in [0.4, 0.5) is 0 Å². The minimum atomic E-state index is -0.239. The number of benzene rings is 1. The molecule has 1 heterocycles. The van der Waals surface area contributed by atoms with Crippen LogP contribution in [0.15, 0.2) is 35.1 Å². The molecular formula is C9H7NO2S. The summed E-state index contributed by atoms with van der Waals surface area (Å²) in [5.74, 6) is 0. The third-order valence-corrected chi connectivity index (χ3v) is 2.38. The highest BCUT2D eigenvalue weighted by molar-refractivity contribution is 7.11. The van der Waals surface area contributed by atoms with Gasteiger partial charge in [0.1, 0.15) is 5.69 Å². The molecule has 0 saturated heterocycles. The molecule has 2 aromatic rings. The number of H-pyrrole nitrogens is 1. The van der Waals surface area contributed by atoms with E-state index in [0.29, 0.717) is 5.69 Å². The van der Waals surface area contributed by atoms with Gasteiger partial charge in [0.05, 0.1) is 0 Å². The predicted octanol–water partition coefficient (Wildman–Crippen LogP) is 1.81. The van der Waals surface area contributed by atoms with Crippen LogP contribution in [-0.2, 0) is 0 Å². The highest BCUT2D eigenvalue weighted by Gasteiger charge is 2.07. The Morgan fingerprint density at radius 1 is 1.23 bits per heavy atom. The molecule has 0 fully saturated rings. The molecule has 0 aliphatic rings. The molecule has 0 aliphatic carbocycles. The van der Waals surface area contributed by atoms with Crippen LogP contribution in [0.3, 0.4) is 0 Å². The fourth-order valence-electron chi connectivity index (χ4n) is 1.12. The molecule has 0 aliphatic heterocycles. The van der Waals surface area contributed by atoms with E-state index in [4.69, 9.17) is 0 Å². The van der Waals surface area contributed by atoms with Gasteiger partial charge in [-0.3, -0.25) is 4.79 Å². The monoisotopic (exact) mass is 193 g/mol. The van der Waals surface area contributed by atoms with Gasteiger partial charge in [-0.2, -0.15) is 0 Å². The summed E-state index contributed by atoms with van der Waals surface area (Å²) in [5, 5.41) is 9.41. The van der Waals surface area contributed by atoms with E-state index in [0.717, 1.165) is 16.9 Å². The van der Waals surface area contributed by atoms with Crippen molar-refractivity contribution >= 4 is 11.3 Å². The number of nitrogens with one attached hydrogen (secondary N) is 1. The molecule has 0 radical (unpaired) electrons. The van der Waals surface area contributed by atoms with E-state index >= 15 is 0 Å². The molecule has 13 heavy (non-hydrogen) atoms. The topological polar surface area (TPSA) is 53.1 Å². The lowest BCUT2D eigenvalue weighted by molar-refractivity contribution is 0.491. The number of aromatic hydroxyl groups is 1. The Morgan fingerprint density at radius 3 is 2.46 bits per heavy atom. The van der Waals surface area contributed by atoms with Crippen molar-refractivity contribution in [1.29, 1.82) is 0 Å². The van der Waals surface area contributed by atoms with Gasteiger partial charge in [0.25, 0.3) is 0 Å². The minimum Gasteiger partial charge on any atom is -0.498 e. The van der Waals surface area contributed by atoms with Gasteiger partial charge >= 0.3 is 4.87 Å². The first-order valence-electron chi connectivity index (χ1n) is 3.75. The third kappa shape index (κ3) is 1.48. The molecule has 0 spiro atoms. The van der Waals surface area contributed by atoms with Crippen molar-refractivity contribution < 1.29 is 5.11 Å². The quantitative estimate of drug-likeness (QED) is 0.725. The van der Waals surface area contributed by atoms with Gasteiger partial charge in [0, 0.05) is 5.56 Å². The Labute approximate surface area is 78.3 Å². The van der Waals surface area contributed by atoms with Crippen molar-refractivity contribution in [2.24, 2.45) is 0 Å². The van der Waals surface area contributed by atoms with Crippen LogP contribution in [0, 0.1) is 0 Å². The Morgan fingerprint density at radius 2 is 1.92 bits per heavy atom. The van der Waals surface area contributed by atoms with Gasteiger partial charge in [0.2, 0.25) is 5.06 Å². The van der Waals surface area contributed by atoms with Gasteiger partial charge < -0.3 is 10.1 Å². The lowest BCUT2D eigenvalue weighted by atomic mass is 10.2. The SMILES string of the molecule is O=c1[nH]c(-c2ccccc2)c(O)s1. The smallest absolute Gasteiger partial charge is 0.308 e. The molecule has 1 aromatic heterocycles.